The molecule has 15 heavy (non-hydrogen) atoms. The Morgan fingerprint density at radius 2 is 2.07 bits per heavy atom. The molecule has 3 nitrogen and oxygen atoms in total. The summed E-state index contributed by atoms with van der Waals surface area (Å²) >= 11 is 0. The summed E-state index contributed by atoms with van der Waals surface area (Å²) in [7, 11) is 1.19. The van der Waals surface area contributed by atoms with Gasteiger partial charge in [0.15, 0.2) is 0 Å². The molecule has 1 heterocycles. The standard InChI is InChI=1S/C9H15F3N2O/c1-6(7-3-13-4-7)8(15)14(2)5-9(10,11)12/h6-7,13H,3-5H2,1-2H3. The minimum absolute atomic E-state index is 0.174. The van der Waals surface area contributed by atoms with Crippen LogP contribution in [0.25, 0.3) is 0 Å². The van der Waals surface area contributed by atoms with E-state index < -0.39 is 18.6 Å². The van der Waals surface area contributed by atoms with E-state index in [-0.39, 0.29) is 11.8 Å². The van der Waals surface area contributed by atoms with Crippen LogP contribution in [0.4, 0.5) is 13.2 Å². The first-order valence-corrected chi connectivity index (χ1v) is 4.83. The molecule has 88 valence electrons. The van der Waals surface area contributed by atoms with E-state index in [0.29, 0.717) is 13.1 Å². The van der Waals surface area contributed by atoms with Crippen molar-refractivity contribution in [2.24, 2.45) is 11.8 Å². The van der Waals surface area contributed by atoms with Gasteiger partial charge >= 0.3 is 6.18 Å². The summed E-state index contributed by atoms with van der Waals surface area (Å²) in [6.45, 7) is 1.94. The lowest BCUT2D eigenvalue weighted by Gasteiger charge is -2.34. The average molecular weight is 224 g/mol. The van der Waals surface area contributed by atoms with Crippen LogP contribution in [0, 0.1) is 11.8 Å². The first-order valence-electron chi connectivity index (χ1n) is 4.83. The molecule has 0 bridgehead atoms. The summed E-state index contributed by atoms with van der Waals surface area (Å²) in [6, 6.07) is 0. The number of hydrogen-bond acceptors (Lipinski definition) is 2. The van der Waals surface area contributed by atoms with Crippen molar-refractivity contribution >= 4 is 5.91 Å². The van der Waals surface area contributed by atoms with E-state index >= 15 is 0 Å². The van der Waals surface area contributed by atoms with Crippen molar-refractivity contribution in [2.45, 2.75) is 13.1 Å². The third-order valence-corrected chi connectivity index (χ3v) is 2.70. The molecule has 0 radical (unpaired) electrons. The molecule has 1 amide bonds. The highest BCUT2D eigenvalue weighted by Gasteiger charge is 2.35. The SMILES string of the molecule is CC(C(=O)N(C)CC(F)(F)F)C1CNC1. The fraction of sp³-hybridized carbons (Fsp3) is 0.889. The van der Waals surface area contributed by atoms with Crippen LogP contribution in [0.15, 0.2) is 0 Å². The van der Waals surface area contributed by atoms with Gasteiger partial charge in [-0.1, -0.05) is 6.92 Å². The van der Waals surface area contributed by atoms with E-state index in [4.69, 9.17) is 0 Å². The summed E-state index contributed by atoms with van der Waals surface area (Å²) in [5.74, 6) is -0.592. The Bertz CT molecular complexity index is 238. The summed E-state index contributed by atoms with van der Waals surface area (Å²) < 4.78 is 36.1. The minimum Gasteiger partial charge on any atom is -0.336 e. The number of carbonyl (C=O) groups is 1. The Hall–Kier alpha value is -0.780. The molecular weight excluding hydrogens is 209 g/mol. The van der Waals surface area contributed by atoms with Crippen LogP contribution in [-0.2, 0) is 4.79 Å². The van der Waals surface area contributed by atoms with Crippen LogP contribution in [0.2, 0.25) is 0 Å². The van der Waals surface area contributed by atoms with Gasteiger partial charge in [-0.2, -0.15) is 13.2 Å². The molecule has 6 heteroatoms. The van der Waals surface area contributed by atoms with Crippen LogP contribution >= 0.6 is 0 Å². The van der Waals surface area contributed by atoms with E-state index in [1.807, 2.05) is 0 Å². The van der Waals surface area contributed by atoms with Crippen molar-refractivity contribution in [1.29, 1.82) is 0 Å². The number of hydrogen-bond donors (Lipinski definition) is 1. The third kappa shape index (κ3) is 3.37. The van der Waals surface area contributed by atoms with Crippen molar-refractivity contribution in [3.8, 4) is 0 Å². The predicted molar refractivity (Wildman–Crippen MR) is 49.2 cm³/mol. The van der Waals surface area contributed by atoms with Crippen LogP contribution in [0.5, 0.6) is 0 Å². The lowest BCUT2D eigenvalue weighted by molar-refractivity contribution is -0.162. The van der Waals surface area contributed by atoms with Gasteiger partial charge in [-0.3, -0.25) is 4.79 Å². The molecule has 1 saturated heterocycles. The summed E-state index contributed by atoms with van der Waals surface area (Å²) in [5, 5.41) is 2.99. The van der Waals surface area contributed by atoms with Gasteiger partial charge in [0.2, 0.25) is 5.91 Å². The second-order valence-corrected chi connectivity index (χ2v) is 4.02. The maximum Gasteiger partial charge on any atom is 0.406 e. The zero-order valence-corrected chi connectivity index (χ0v) is 8.77. The monoisotopic (exact) mass is 224 g/mol. The largest absolute Gasteiger partial charge is 0.406 e. The highest BCUT2D eigenvalue weighted by Crippen LogP contribution is 2.21. The number of halogens is 3. The molecule has 0 spiro atoms. The molecule has 0 aromatic heterocycles. The lowest BCUT2D eigenvalue weighted by Crippen LogP contribution is -2.50. The maximum atomic E-state index is 12.0. The molecular formula is C9H15F3N2O. The van der Waals surface area contributed by atoms with Crippen molar-refractivity contribution in [1.82, 2.24) is 10.2 Å². The van der Waals surface area contributed by atoms with E-state index in [1.54, 1.807) is 6.92 Å². The zero-order valence-electron chi connectivity index (χ0n) is 8.77. The number of nitrogens with zero attached hydrogens (tertiary/aromatic N) is 1. The topological polar surface area (TPSA) is 32.3 Å². The molecule has 1 rings (SSSR count). The zero-order chi connectivity index (χ0) is 11.6. The fourth-order valence-electron chi connectivity index (χ4n) is 1.56. The van der Waals surface area contributed by atoms with Gasteiger partial charge in [-0.25, -0.2) is 0 Å². The van der Waals surface area contributed by atoms with Crippen molar-refractivity contribution in [2.75, 3.05) is 26.7 Å². The number of amides is 1. The fourth-order valence-corrected chi connectivity index (χ4v) is 1.56. The van der Waals surface area contributed by atoms with Gasteiger partial charge in [0.1, 0.15) is 6.54 Å². The van der Waals surface area contributed by atoms with Crippen LogP contribution in [0.3, 0.4) is 0 Å². The molecule has 1 aliphatic rings. The Balaban J connectivity index is 2.44. The van der Waals surface area contributed by atoms with E-state index in [0.717, 1.165) is 4.90 Å². The third-order valence-electron chi connectivity index (χ3n) is 2.70. The molecule has 0 aliphatic carbocycles. The Morgan fingerprint density at radius 1 is 1.53 bits per heavy atom. The van der Waals surface area contributed by atoms with Crippen LogP contribution < -0.4 is 5.32 Å². The Labute approximate surface area is 86.6 Å². The minimum atomic E-state index is -4.32. The Kier molecular flexibility index (Phi) is 3.59. The molecule has 0 aromatic carbocycles. The number of rotatable bonds is 3. The van der Waals surface area contributed by atoms with E-state index in [2.05, 4.69) is 5.32 Å². The van der Waals surface area contributed by atoms with Gasteiger partial charge in [-0.15, -0.1) is 0 Å². The molecule has 0 saturated carbocycles. The number of nitrogens with one attached hydrogen (secondary N) is 1. The normalized spacial score (nSPS) is 19.5. The molecule has 1 N–H and O–H groups in total. The summed E-state index contributed by atoms with van der Waals surface area (Å²) in [5.41, 5.74) is 0. The van der Waals surface area contributed by atoms with Gasteiger partial charge in [0.05, 0.1) is 0 Å². The van der Waals surface area contributed by atoms with Crippen molar-refractivity contribution in [3.63, 3.8) is 0 Å². The summed E-state index contributed by atoms with van der Waals surface area (Å²) in [4.78, 5) is 12.3. The highest BCUT2D eigenvalue weighted by atomic mass is 19.4. The van der Waals surface area contributed by atoms with Crippen LogP contribution in [-0.4, -0.2) is 43.7 Å². The maximum absolute atomic E-state index is 12.0. The van der Waals surface area contributed by atoms with E-state index in [9.17, 15) is 18.0 Å². The number of carbonyl (C=O) groups excluding carboxylic acids is 1. The predicted octanol–water partition coefficient (Wildman–Crippen LogP) is 0.863. The molecule has 1 atom stereocenters. The van der Waals surface area contributed by atoms with Gasteiger partial charge in [-0.05, 0) is 19.0 Å². The molecule has 1 unspecified atom stereocenters. The number of alkyl halides is 3. The van der Waals surface area contributed by atoms with Crippen LogP contribution in [0.1, 0.15) is 6.92 Å². The first-order chi connectivity index (χ1) is 6.81. The van der Waals surface area contributed by atoms with E-state index in [1.165, 1.54) is 7.05 Å². The lowest BCUT2D eigenvalue weighted by atomic mass is 9.88. The van der Waals surface area contributed by atoms with Crippen molar-refractivity contribution < 1.29 is 18.0 Å². The molecule has 1 aliphatic heterocycles. The quantitative estimate of drug-likeness (QED) is 0.771. The van der Waals surface area contributed by atoms with Crippen molar-refractivity contribution in [3.05, 3.63) is 0 Å². The molecule has 1 fully saturated rings. The second kappa shape index (κ2) is 4.38. The van der Waals surface area contributed by atoms with Gasteiger partial charge < -0.3 is 10.2 Å². The molecule has 0 aromatic rings. The smallest absolute Gasteiger partial charge is 0.336 e. The van der Waals surface area contributed by atoms with Gasteiger partial charge in [0.25, 0.3) is 0 Å². The Morgan fingerprint density at radius 3 is 2.40 bits per heavy atom. The summed E-state index contributed by atoms with van der Waals surface area (Å²) in [6.07, 6.45) is -4.32. The first kappa shape index (κ1) is 12.3. The van der Waals surface area contributed by atoms with Gasteiger partial charge in [0, 0.05) is 13.0 Å². The average Bonchev–Trinajstić information content (AvgIpc) is 1.96. The second-order valence-electron chi connectivity index (χ2n) is 4.02. The highest BCUT2D eigenvalue weighted by molar-refractivity contribution is 5.78.